The van der Waals surface area contributed by atoms with Crippen molar-refractivity contribution in [2.24, 2.45) is 5.10 Å². The molecule has 88 valence electrons. The van der Waals surface area contributed by atoms with Crippen LogP contribution in [0.3, 0.4) is 0 Å². The van der Waals surface area contributed by atoms with E-state index in [4.69, 9.17) is 0 Å². The summed E-state index contributed by atoms with van der Waals surface area (Å²) < 4.78 is 13.7. The maximum absolute atomic E-state index is 13.7. The minimum absolute atomic E-state index is 0.171. The van der Waals surface area contributed by atoms with E-state index in [9.17, 15) is 4.39 Å². The summed E-state index contributed by atoms with van der Waals surface area (Å²) in [7, 11) is 0. The molecule has 0 bridgehead atoms. The van der Waals surface area contributed by atoms with E-state index in [-0.39, 0.29) is 6.04 Å². The molecule has 0 saturated heterocycles. The highest BCUT2D eigenvalue weighted by Gasteiger charge is 2.28. The summed E-state index contributed by atoms with van der Waals surface area (Å²) in [5.74, 6) is 0. The van der Waals surface area contributed by atoms with Gasteiger partial charge in [0.2, 0.25) is 0 Å². The first kappa shape index (κ1) is 12.3. The van der Waals surface area contributed by atoms with E-state index in [1.165, 1.54) is 17.9 Å². The highest BCUT2D eigenvalue weighted by Crippen LogP contribution is 2.17. The van der Waals surface area contributed by atoms with Gasteiger partial charge in [-0.1, -0.05) is 26.2 Å². The minimum Gasteiger partial charge on any atom is -0.311 e. The van der Waals surface area contributed by atoms with Gasteiger partial charge in [0.05, 0.1) is 0 Å². The van der Waals surface area contributed by atoms with E-state index in [2.05, 4.69) is 12.0 Å². The van der Waals surface area contributed by atoms with Gasteiger partial charge in [-0.2, -0.15) is 9.49 Å². The van der Waals surface area contributed by atoms with Crippen LogP contribution >= 0.6 is 0 Å². The van der Waals surface area contributed by atoms with Gasteiger partial charge in [0, 0.05) is 12.6 Å². The molecule has 0 amide bonds. The van der Waals surface area contributed by atoms with Crippen molar-refractivity contribution in [3.63, 3.8) is 0 Å². The van der Waals surface area contributed by atoms with E-state index < -0.39 is 6.42 Å². The average Bonchev–Trinajstić information content (AvgIpc) is 2.55. The highest BCUT2D eigenvalue weighted by molar-refractivity contribution is 5.57. The van der Waals surface area contributed by atoms with Gasteiger partial charge >= 0.3 is 0 Å². The molecule has 1 unspecified atom stereocenters. The van der Waals surface area contributed by atoms with Gasteiger partial charge in [-0.15, -0.1) is 0 Å². The zero-order chi connectivity index (χ0) is 11.3. The zero-order valence-electron chi connectivity index (χ0n) is 9.99. The standard InChI is InChI=1S/C11H22FN3/c1-4-5-6-7-8-15-11(12)14(9-13-15)10(2)3/h9-11H,4-8H2,1-3H3. The fourth-order valence-corrected chi connectivity index (χ4v) is 1.63. The first-order chi connectivity index (χ1) is 7.16. The lowest BCUT2D eigenvalue weighted by atomic mass is 10.2. The van der Waals surface area contributed by atoms with Gasteiger partial charge in [0.15, 0.2) is 0 Å². The average molecular weight is 215 g/mol. The molecule has 3 nitrogen and oxygen atoms in total. The molecule has 0 fully saturated rings. The first-order valence-corrected chi connectivity index (χ1v) is 5.89. The Morgan fingerprint density at radius 3 is 2.60 bits per heavy atom. The third-order valence-electron chi connectivity index (χ3n) is 2.66. The molecule has 1 aliphatic rings. The summed E-state index contributed by atoms with van der Waals surface area (Å²) >= 11 is 0. The van der Waals surface area contributed by atoms with E-state index in [1.807, 2.05) is 13.8 Å². The third-order valence-corrected chi connectivity index (χ3v) is 2.66. The van der Waals surface area contributed by atoms with Crippen LogP contribution in [-0.2, 0) is 0 Å². The number of hydrogen-bond donors (Lipinski definition) is 0. The molecule has 0 aliphatic carbocycles. The Bertz CT molecular complexity index is 206. The molecular weight excluding hydrogens is 193 g/mol. The van der Waals surface area contributed by atoms with Crippen LogP contribution in [-0.4, -0.2) is 35.3 Å². The van der Waals surface area contributed by atoms with Gasteiger partial charge < -0.3 is 4.90 Å². The molecule has 1 atom stereocenters. The first-order valence-electron chi connectivity index (χ1n) is 5.89. The zero-order valence-corrected chi connectivity index (χ0v) is 9.99. The van der Waals surface area contributed by atoms with E-state index in [0.717, 1.165) is 19.4 Å². The fourth-order valence-electron chi connectivity index (χ4n) is 1.63. The lowest BCUT2D eigenvalue weighted by Crippen LogP contribution is -2.40. The van der Waals surface area contributed by atoms with Gasteiger partial charge in [0.25, 0.3) is 6.42 Å². The van der Waals surface area contributed by atoms with Crippen molar-refractivity contribution in [1.29, 1.82) is 0 Å². The molecule has 0 aromatic rings. The number of hydrazone groups is 1. The summed E-state index contributed by atoms with van der Waals surface area (Å²) in [5.41, 5.74) is 0. The number of rotatable bonds is 6. The second kappa shape index (κ2) is 5.93. The molecule has 0 saturated carbocycles. The van der Waals surface area contributed by atoms with Crippen LogP contribution in [0.1, 0.15) is 46.5 Å². The molecule has 1 aliphatic heterocycles. The lowest BCUT2D eigenvalue weighted by Gasteiger charge is -2.26. The SMILES string of the molecule is CCCCCCN1N=CN(C(C)C)C1F. The number of halogens is 1. The monoisotopic (exact) mass is 215 g/mol. The smallest absolute Gasteiger partial charge is 0.265 e. The lowest BCUT2D eigenvalue weighted by molar-refractivity contribution is 0.00154. The van der Waals surface area contributed by atoms with Gasteiger partial charge in [0.1, 0.15) is 6.34 Å². The predicted molar refractivity (Wildman–Crippen MR) is 61.2 cm³/mol. The normalized spacial score (nSPS) is 20.7. The maximum atomic E-state index is 13.7. The van der Waals surface area contributed by atoms with Crippen molar-refractivity contribution in [1.82, 2.24) is 9.91 Å². The Hall–Kier alpha value is -0.800. The van der Waals surface area contributed by atoms with Crippen molar-refractivity contribution in [2.45, 2.75) is 58.9 Å². The van der Waals surface area contributed by atoms with Gasteiger partial charge in [-0.3, -0.25) is 0 Å². The molecule has 0 N–H and O–H groups in total. The van der Waals surface area contributed by atoms with Crippen LogP contribution in [0.5, 0.6) is 0 Å². The number of nitrogens with zero attached hydrogens (tertiary/aromatic N) is 3. The second-order valence-electron chi connectivity index (χ2n) is 4.31. The predicted octanol–water partition coefficient (Wildman–Crippen LogP) is 2.79. The number of alkyl halides is 1. The molecule has 1 rings (SSSR count). The van der Waals surface area contributed by atoms with Crippen LogP contribution in [0.25, 0.3) is 0 Å². The minimum atomic E-state index is -1.06. The van der Waals surface area contributed by atoms with E-state index >= 15 is 0 Å². The highest BCUT2D eigenvalue weighted by atomic mass is 19.1. The Morgan fingerprint density at radius 2 is 2.07 bits per heavy atom. The van der Waals surface area contributed by atoms with Crippen molar-refractivity contribution in [2.75, 3.05) is 6.54 Å². The summed E-state index contributed by atoms with van der Waals surface area (Å²) in [6.07, 6.45) is 5.17. The molecule has 0 aromatic carbocycles. The second-order valence-corrected chi connectivity index (χ2v) is 4.31. The molecule has 1 heterocycles. The molecule has 0 radical (unpaired) electrons. The Morgan fingerprint density at radius 1 is 1.33 bits per heavy atom. The topological polar surface area (TPSA) is 18.8 Å². The van der Waals surface area contributed by atoms with Crippen molar-refractivity contribution < 1.29 is 4.39 Å². The number of unbranched alkanes of at least 4 members (excludes halogenated alkanes) is 3. The van der Waals surface area contributed by atoms with Gasteiger partial charge in [-0.05, 0) is 20.3 Å². The van der Waals surface area contributed by atoms with Crippen molar-refractivity contribution in [3.05, 3.63) is 0 Å². The Labute approximate surface area is 91.9 Å². The van der Waals surface area contributed by atoms with Gasteiger partial charge in [-0.25, -0.2) is 5.01 Å². The quantitative estimate of drug-likeness (QED) is 0.501. The van der Waals surface area contributed by atoms with Crippen molar-refractivity contribution >= 4 is 6.34 Å². The maximum Gasteiger partial charge on any atom is 0.265 e. The van der Waals surface area contributed by atoms with Crippen LogP contribution in [0.4, 0.5) is 4.39 Å². The number of hydrogen-bond acceptors (Lipinski definition) is 3. The summed E-state index contributed by atoms with van der Waals surface area (Å²) in [4.78, 5) is 1.64. The Kier molecular flexibility index (Phi) is 4.85. The summed E-state index contributed by atoms with van der Waals surface area (Å²) in [6, 6.07) is 0.171. The fraction of sp³-hybridized carbons (Fsp3) is 0.909. The van der Waals surface area contributed by atoms with Crippen molar-refractivity contribution in [3.8, 4) is 0 Å². The molecule has 4 heteroatoms. The summed E-state index contributed by atoms with van der Waals surface area (Å²) in [5, 5.41) is 5.61. The molecule has 0 spiro atoms. The van der Waals surface area contributed by atoms with Crippen LogP contribution < -0.4 is 0 Å². The largest absolute Gasteiger partial charge is 0.311 e. The molecule has 0 aromatic heterocycles. The third kappa shape index (κ3) is 3.36. The molecular formula is C11H22FN3. The van der Waals surface area contributed by atoms with E-state index in [0.29, 0.717) is 0 Å². The van der Waals surface area contributed by atoms with Crippen LogP contribution in [0, 0.1) is 0 Å². The molecule has 15 heavy (non-hydrogen) atoms. The van der Waals surface area contributed by atoms with Crippen LogP contribution in [0.15, 0.2) is 5.10 Å². The Balaban J connectivity index is 2.25. The van der Waals surface area contributed by atoms with E-state index in [1.54, 1.807) is 11.2 Å². The van der Waals surface area contributed by atoms with Crippen LogP contribution in [0.2, 0.25) is 0 Å². The summed E-state index contributed by atoms with van der Waals surface area (Å²) in [6.45, 7) is 6.84.